The lowest BCUT2D eigenvalue weighted by atomic mass is 10.2. The third-order valence-electron chi connectivity index (χ3n) is 2.79. The van der Waals surface area contributed by atoms with Gasteiger partial charge in [0.2, 0.25) is 0 Å². The maximum Gasteiger partial charge on any atom is 0.164 e. The van der Waals surface area contributed by atoms with Gasteiger partial charge in [0.15, 0.2) is 11.6 Å². The van der Waals surface area contributed by atoms with Crippen LogP contribution in [0.25, 0.3) is 11.4 Å². The lowest BCUT2D eigenvalue weighted by Crippen LogP contribution is -2.08. The fourth-order valence-electron chi connectivity index (χ4n) is 1.81. The second kappa shape index (κ2) is 6.67. The average molecular weight is 406 g/mol. The Morgan fingerprint density at radius 2 is 2.05 bits per heavy atom. The number of rotatable bonds is 4. The van der Waals surface area contributed by atoms with Crippen LogP contribution in [0.5, 0.6) is 0 Å². The number of aromatic nitrogens is 2. The second-order valence-corrected chi connectivity index (χ2v) is 5.63. The Kier molecular flexibility index (Phi) is 5.15. The van der Waals surface area contributed by atoms with Crippen molar-refractivity contribution >= 4 is 40.0 Å². The van der Waals surface area contributed by atoms with Crippen LogP contribution in [0.2, 0.25) is 5.02 Å². The summed E-state index contributed by atoms with van der Waals surface area (Å²) in [5.41, 5.74) is 1.22. The molecular weight excluding hydrogens is 392 g/mol. The summed E-state index contributed by atoms with van der Waals surface area (Å²) < 4.78 is 15.1. The molecule has 0 aliphatic heterocycles. The van der Waals surface area contributed by atoms with E-state index in [1.165, 1.54) is 6.07 Å². The van der Waals surface area contributed by atoms with Gasteiger partial charge in [-0.25, -0.2) is 14.4 Å². The van der Waals surface area contributed by atoms with Crippen molar-refractivity contribution in [1.29, 1.82) is 0 Å². The molecule has 1 aromatic carbocycles. The molecule has 0 radical (unpaired) electrons. The molecule has 20 heavy (non-hydrogen) atoms. The molecule has 0 aliphatic carbocycles. The van der Waals surface area contributed by atoms with Crippen molar-refractivity contribution in [3.8, 4) is 11.4 Å². The van der Waals surface area contributed by atoms with Crippen LogP contribution in [-0.2, 0) is 6.42 Å². The molecule has 2 aromatic rings. The Bertz CT molecular complexity index is 634. The van der Waals surface area contributed by atoms with Gasteiger partial charge in [0.25, 0.3) is 0 Å². The van der Waals surface area contributed by atoms with E-state index in [1.807, 2.05) is 13.8 Å². The summed E-state index contributed by atoms with van der Waals surface area (Å²) in [7, 11) is 0. The van der Waals surface area contributed by atoms with Gasteiger partial charge in [-0.2, -0.15) is 0 Å². The Labute approximate surface area is 136 Å². The van der Waals surface area contributed by atoms with Gasteiger partial charge in [0, 0.05) is 6.54 Å². The zero-order valence-corrected chi connectivity index (χ0v) is 14.1. The molecule has 0 fully saturated rings. The predicted octanol–water partition coefficient (Wildman–Crippen LogP) is 4.53. The molecule has 6 heteroatoms. The van der Waals surface area contributed by atoms with Crippen LogP contribution in [-0.4, -0.2) is 16.5 Å². The van der Waals surface area contributed by atoms with Gasteiger partial charge >= 0.3 is 0 Å². The van der Waals surface area contributed by atoms with E-state index in [0.717, 1.165) is 28.0 Å². The molecule has 1 heterocycles. The van der Waals surface area contributed by atoms with E-state index < -0.39 is 5.82 Å². The zero-order valence-electron chi connectivity index (χ0n) is 11.2. The number of nitrogens with zero attached hydrogens (tertiary/aromatic N) is 2. The molecule has 0 spiro atoms. The molecular formula is C14H14ClFIN3. The van der Waals surface area contributed by atoms with E-state index in [9.17, 15) is 4.39 Å². The zero-order chi connectivity index (χ0) is 14.7. The van der Waals surface area contributed by atoms with Crippen LogP contribution in [0.3, 0.4) is 0 Å². The third kappa shape index (κ3) is 3.03. The maximum absolute atomic E-state index is 14.1. The van der Waals surface area contributed by atoms with Crippen molar-refractivity contribution < 1.29 is 4.39 Å². The van der Waals surface area contributed by atoms with Crippen molar-refractivity contribution in [2.45, 2.75) is 20.3 Å². The first-order valence-electron chi connectivity index (χ1n) is 6.33. The molecule has 0 saturated carbocycles. The normalized spacial score (nSPS) is 10.7. The molecule has 1 N–H and O–H groups in total. The molecule has 106 valence electrons. The quantitative estimate of drug-likeness (QED) is 0.759. The van der Waals surface area contributed by atoms with Crippen LogP contribution in [0.15, 0.2) is 18.2 Å². The lowest BCUT2D eigenvalue weighted by molar-refractivity contribution is 0.630. The van der Waals surface area contributed by atoms with E-state index in [-0.39, 0.29) is 5.02 Å². The smallest absolute Gasteiger partial charge is 0.164 e. The molecule has 0 atom stereocenters. The minimum absolute atomic E-state index is 0.0766. The lowest BCUT2D eigenvalue weighted by Gasteiger charge is -2.12. The summed E-state index contributed by atoms with van der Waals surface area (Å²) in [5, 5.41) is 3.26. The maximum atomic E-state index is 14.1. The number of hydrogen-bond donors (Lipinski definition) is 1. The summed E-state index contributed by atoms with van der Waals surface area (Å²) in [6.45, 7) is 4.75. The predicted molar refractivity (Wildman–Crippen MR) is 88.7 cm³/mol. The average Bonchev–Trinajstić information content (AvgIpc) is 2.44. The SMILES string of the molecule is CCNc1nc(-c2cccc(Cl)c2F)nc(CC)c1I. The number of halogens is 3. The van der Waals surface area contributed by atoms with Gasteiger partial charge in [-0.3, -0.25) is 0 Å². The van der Waals surface area contributed by atoms with Crippen LogP contribution in [0.1, 0.15) is 19.5 Å². The molecule has 0 amide bonds. The Hall–Kier alpha value is -0.950. The monoisotopic (exact) mass is 405 g/mol. The van der Waals surface area contributed by atoms with Gasteiger partial charge in [0.05, 0.1) is 19.9 Å². The molecule has 2 rings (SSSR count). The highest BCUT2D eigenvalue weighted by Crippen LogP contribution is 2.28. The number of nitrogens with one attached hydrogen (secondary N) is 1. The summed E-state index contributed by atoms with van der Waals surface area (Å²) >= 11 is 8.03. The largest absolute Gasteiger partial charge is 0.369 e. The van der Waals surface area contributed by atoms with Crippen molar-refractivity contribution in [2.75, 3.05) is 11.9 Å². The number of benzene rings is 1. The third-order valence-corrected chi connectivity index (χ3v) is 4.22. The highest BCUT2D eigenvalue weighted by atomic mass is 127. The molecule has 0 aliphatic rings. The van der Waals surface area contributed by atoms with Crippen molar-refractivity contribution in [2.24, 2.45) is 0 Å². The van der Waals surface area contributed by atoms with Crippen LogP contribution < -0.4 is 5.32 Å². The van der Waals surface area contributed by atoms with E-state index in [4.69, 9.17) is 11.6 Å². The topological polar surface area (TPSA) is 37.8 Å². The first kappa shape index (κ1) is 15.4. The highest BCUT2D eigenvalue weighted by Gasteiger charge is 2.16. The van der Waals surface area contributed by atoms with Gasteiger partial charge in [0.1, 0.15) is 5.82 Å². The van der Waals surface area contributed by atoms with Crippen molar-refractivity contribution in [1.82, 2.24) is 9.97 Å². The minimum Gasteiger partial charge on any atom is -0.369 e. The fraction of sp³-hybridized carbons (Fsp3) is 0.286. The molecule has 3 nitrogen and oxygen atoms in total. The van der Waals surface area contributed by atoms with Gasteiger partial charge in [-0.05, 0) is 48.1 Å². The number of anilines is 1. The first-order valence-corrected chi connectivity index (χ1v) is 7.78. The van der Waals surface area contributed by atoms with Crippen molar-refractivity contribution in [3.63, 3.8) is 0 Å². The van der Waals surface area contributed by atoms with Gasteiger partial charge in [-0.1, -0.05) is 24.6 Å². The first-order chi connectivity index (χ1) is 9.58. The van der Waals surface area contributed by atoms with Crippen molar-refractivity contribution in [3.05, 3.63) is 38.3 Å². The number of hydrogen-bond acceptors (Lipinski definition) is 3. The summed E-state index contributed by atoms with van der Waals surface area (Å²) in [6, 6.07) is 4.85. The Morgan fingerprint density at radius 1 is 1.30 bits per heavy atom. The Balaban J connectivity index is 2.62. The molecule has 0 unspecified atom stereocenters. The molecule has 1 aromatic heterocycles. The van der Waals surface area contributed by atoms with Gasteiger partial charge < -0.3 is 5.32 Å². The van der Waals surface area contributed by atoms with E-state index in [1.54, 1.807) is 12.1 Å². The van der Waals surface area contributed by atoms with E-state index >= 15 is 0 Å². The summed E-state index contributed by atoms with van der Waals surface area (Å²) in [6.07, 6.45) is 0.758. The van der Waals surface area contributed by atoms with Crippen LogP contribution in [0, 0.1) is 9.39 Å². The van der Waals surface area contributed by atoms with E-state index in [2.05, 4.69) is 37.9 Å². The van der Waals surface area contributed by atoms with Crippen LogP contribution in [0.4, 0.5) is 10.2 Å². The van der Waals surface area contributed by atoms with Crippen LogP contribution >= 0.6 is 34.2 Å². The minimum atomic E-state index is -0.486. The number of aryl methyl sites for hydroxylation is 1. The molecule has 0 saturated heterocycles. The Morgan fingerprint density at radius 3 is 2.70 bits per heavy atom. The molecule has 0 bridgehead atoms. The van der Waals surface area contributed by atoms with Gasteiger partial charge in [-0.15, -0.1) is 0 Å². The van der Waals surface area contributed by atoms with E-state index in [0.29, 0.717) is 11.4 Å². The fourth-order valence-corrected chi connectivity index (χ4v) is 2.80. The standard InChI is InChI=1S/C14H14ClFIN3/c1-3-10-12(17)14(18-4-2)20-13(19-10)8-6-5-7-9(15)11(8)16/h5-7H,3-4H2,1-2H3,(H,18,19,20). The second-order valence-electron chi connectivity index (χ2n) is 4.14. The summed E-state index contributed by atoms with van der Waals surface area (Å²) in [5.74, 6) is 0.604. The highest BCUT2D eigenvalue weighted by molar-refractivity contribution is 14.1. The summed E-state index contributed by atoms with van der Waals surface area (Å²) in [4.78, 5) is 8.86.